The minimum atomic E-state index is -4.51. The second-order valence-corrected chi connectivity index (χ2v) is 4.47. The van der Waals surface area contributed by atoms with Crippen molar-refractivity contribution < 1.29 is 18.0 Å². The van der Waals surface area contributed by atoms with Crippen molar-refractivity contribution >= 4 is 17.3 Å². The summed E-state index contributed by atoms with van der Waals surface area (Å²) in [6, 6.07) is 6.85. The molecule has 7 heteroatoms. The first-order valence-electron chi connectivity index (χ1n) is 5.98. The van der Waals surface area contributed by atoms with Crippen LogP contribution < -0.4 is 11.1 Å². The molecule has 110 valence electrons. The van der Waals surface area contributed by atoms with Gasteiger partial charge in [0.25, 0.3) is 5.91 Å². The number of pyridine rings is 1. The van der Waals surface area contributed by atoms with Crippen molar-refractivity contribution in [1.82, 2.24) is 4.98 Å². The van der Waals surface area contributed by atoms with E-state index in [9.17, 15) is 18.0 Å². The Kier molecular flexibility index (Phi) is 3.84. The first-order chi connectivity index (χ1) is 9.77. The summed E-state index contributed by atoms with van der Waals surface area (Å²) in [7, 11) is 0. The number of hydrogen-bond donors (Lipinski definition) is 2. The number of nitrogens with zero attached hydrogens (tertiary/aromatic N) is 1. The largest absolute Gasteiger partial charge is 0.433 e. The molecular formula is C14H12F3N3O. The number of anilines is 2. The van der Waals surface area contributed by atoms with Crippen LogP contribution in [0.25, 0.3) is 0 Å². The summed E-state index contributed by atoms with van der Waals surface area (Å²) in [6.07, 6.45) is -3.56. The summed E-state index contributed by atoms with van der Waals surface area (Å²) in [5.41, 5.74) is 6.33. The van der Waals surface area contributed by atoms with Gasteiger partial charge < -0.3 is 11.1 Å². The van der Waals surface area contributed by atoms with Crippen molar-refractivity contribution in [2.75, 3.05) is 11.1 Å². The van der Waals surface area contributed by atoms with E-state index < -0.39 is 17.8 Å². The van der Waals surface area contributed by atoms with Gasteiger partial charge in [-0.25, -0.2) is 4.98 Å². The van der Waals surface area contributed by atoms with Crippen molar-refractivity contribution in [2.45, 2.75) is 13.1 Å². The molecule has 1 aromatic carbocycles. The number of carbonyl (C=O) groups is 1. The molecule has 0 aliphatic rings. The summed E-state index contributed by atoms with van der Waals surface area (Å²) in [5.74, 6) is -0.506. The fourth-order valence-corrected chi connectivity index (χ4v) is 1.72. The van der Waals surface area contributed by atoms with E-state index in [0.717, 1.165) is 23.9 Å². The molecule has 0 fully saturated rings. The molecular weight excluding hydrogens is 283 g/mol. The lowest BCUT2D eigenvalue weighted by molar-refractivity contribution is -0.141. The van der Waals surface area contributed by atoms with Crippen LogP contribution in [0.15, 0.2) is 36.5 Å². The zero-order valence-corrected chi connectivity index (χ0v) is 11.0. The molecule has 0 radical (unpaired) electrons. The Balaban J connectivity index is 2.16. The number of carbonyl (C=O) groups excluding carboxylic acids is 1. The van der Waals surface area contributed by atoms with E-state index >= 15 is 0 Å². The second-order valence-electron chi connectivity index (χ2n) is 4.47. The van der Waals surface area contributed by atoms with E-state index in [1.165, 1.54) is 0 Å². The van der Waals surface area contributed by atoms with E-state index in [1.807, 2.05) is 6.92 Å². The second kappa shape index (κ2) is 5.43. The molecule has 0 spiro atoms. The summed E-state index contributed by atoms with van der Waals surface area (Å²) in [4.78, 5) is 15.2. The van der Waals surface area contributed by atoms with Crippen molar-refractivity contribution in [2.24, 2.45) is 0 Å². The Bertz CT molecular complexity index is 666. The summed E-state index contributed by atoms with van der Waals surface area (Å²) >= 11 is 0. The molecule has 2 rings (SSSR count). The van der Waals surface area contributed by atoms with Crippen molar-refractivity contribution in [3.05, 3.63) is 53.3 Å². The quantitative estimate of drug-likeness (QED) is 0.836. The summed E-state index contributed by atoms with van der Waals surface area (Å²) in [5, 5.41) is 2.45. The number of hydrogen-bond acceptors (Lipinski definition) is 3. The summed E-state index contributed by atoms with van der Waals surface area (Å²) in [6.45, 7) is 1.83. The van der Waals surface area contributed by atoms with Crippen LogP contribution in [0.4, 0.5) is 24.5 Å². The Morgan fingerprint density at radius 2 is 1.95 bits per heavy atom. The molecule has 4 nitrogen and oxygen atoms in total. The lowest BCUT2D eigenvalue weighted by atomic mass is 10.1. The average molecular weight is 295 g/mol. The van der Waals surface area contributed by atoms with Crippen molar-refractivity contribution in [1.29, 1.82) is 0 Å². The number of rotatable bonds is 2. The molecule has 2 aromatic rings. The number of nitrogens with two attached hydrogens (primary N) is 1. The highest BCUT2D eigenvalue weighted by Gasteiger charge is 2.32. The fourth-order valence-electron chi connectivity index (χ4n) is 1.72. The normalized spacial score (nSPS) is 11.2. The molecule has 3 N–H and O–H groups in total. The monoisotopic (exact) mass is 295 g/mol. The molecule has 0 saturated heterocycles. The maximum absolute atomic E-state index is 12.4. The number of alkyl halides is 3. The third-order valence-corrected chi connectivity index (χ3v) is 2.76. The Morgan fingerprint density at radius 1 is 1.24 bits per heavy atom. The Labute approximate surface area is 118 Å². The predicted octanol–water partition coefficient (Wildman–Crippen LogP) is 3.24. The van der Waals surface area contributed by atoms with Crippen LogP contribution in [0.2, 0.25) is 0 Å². The van der Waals surface area contributed by atoms with Crippen LogP contribution in [0.5, 0.6) is 0 Å². The van der Waals surface area contributed by atoms with Gasteiger partial charge in [-0.15, -0.1) is 0 Å². The van der Waals surface area contributed by atoms with Gasteiger partial charge in [-0.3, -0.25) is 4.79 Å². The van der Waals surface area contributed by atoms with E-state index in [-0.39, 0.29) is 11.3 Å². The Morgan fingerprint density at radius 3 is 2.48 bits per heavy atom. The van der Waals surface area contributed by atoms with Crippen LogP contribution in [0, 0.1) is 6.92 Å². The highest BCUT2D eigenvalue weighted by Crippen LogP contribution is 2.28. The molecule has 1 heterocycles. The molecule has 0 saturated carbocycles. The van der Waals surface area contributed by atoms with Gasteiger partial charge in [-0.2, -0.15) is 13.2 Å². The molecule has 0 atom stereocenters. The van der Waals surface area contributed by atoms with Crippen LogP contribution in [-0.4, -0.2) is 10.9 Å². The third kappa shape index (κ3) is 3.50. The first-order valence-corrected chi connectivity index (χ1v) is 5.98. The lowest BCUT2D eigenvalue weighted by Gasteiger charge is -2.09. The zero-order valence-electron chi connectivity index (χ0n) is 11.0. The lowest BCUT2D eigenvalue weighted by Crippen LogP contribution is -2.15. The van der Waals surface area contributed by atoms with Gasteiger partial charge >= 0.3 is 6.18 Å². The molecule has 1 amide bonds. The van der Waals surface area contributed by atoms with E-state index in [0.29, 0.717) is 5.69 Å². The minimum Gasteiger partial charge on any atom is -0.398 e. The third-order valence-electron chi connectivity index (χ3n) is 2.76. The topological polar surface area (TPSA) is 68.0 Å². The number of benzene rings is 1. The highest BCUT2D eigenvalue weighted by molar-refractivity contribution is 6.07. The molecule has 1 aromatic heterocycles. The molecule has 0 unspecified atom stereocenters. The number of nitrogen functional groups attached to an aromatic ring is 1. The van der Waals surface area contributed by atoms with Gasteiger partial charge in [0.1, 0.15) is 5.69 Å². The fraction of sp³-hybridized carbons (Fsp3) is 0.143. The average Bonchev–Trinajstić information content (AvgIpc) is 2.38. The van der Waals surface area contributed by atoms with Crippen LogP contribution in [-0.2, 0) is 6.18 Å². The number of halogens is 3. The van der Waals surface area contributed by atoms with Crippen LogP contribution in [0.3, 0.4) is 0 Å². The molecule has 21 heavy (non-hydrogen) atoms. The molecule has 0 aliphatic heterocycles. The van der Waals surface area contributed by atoms with Gasteiger partial charge in [0.2, 0.25) is 0 Å². The first kappa shape index (κ1) is 14.8. The van der Waals surface area contributed by atoms with E-state index in [2.05, 4.69) is 10.3 Å². The highest BCUT2D eigenvalue weighted by atomic mass is 19.4. The van der Waals surface area contributed by atoms with Gasteiger partial charge in [0, 0.05) is 5.69 Å². The zero-order chi connectivity index (χ0) is 15.6. The number of aromatic nitrogens is 1. The molecule has 0 bridgehead atoms. The number of amides is 1. The maximum atomic E-state index is 12.4. The van der Waals surface area contributed by atoms with Crippen molar-refractivity contribution in [3.8, 4) is 0 Å². The Hall–Kier alpha value is -2.57. The van der Waals surface area contributed by atoms with E-state index in [4.69, 9.17) is 5.73 Å². The SMILES string of the molecule is Cc1ccc(C(=O)Nc2ccc(C(F)(F)F)nc2)c(N)c1. The van der Waals surface area contributed by atoms with Gasteiger partial charge in [0.05, 0.1) is 17.4 Å². The van der Waals surface area contributed by atoms with Gasteiger partial charge in [-0.05, 0) is 36.8 Å². The standard InChI is InChI=1S/C14H12F3N3O/c1-8-2-4-10(11(18)6-8)13(21)20-9-3-5-12(19-7-9)14(15,16)17/h2-7H,18H2,1H3,(H,20,21). The maximum Gasteiger partial charge on any atom is 0.433 e. The predicted molar refractivity (Wildman–Crippen MR) is 72.8 cm³/mol. The molecule has 0 aliphatic carbocycles. The van der Waals surface area contributed by atoms with E-state index in [1.54, 1.807) is 18.2 Å². The minimum absolute atomic E-state index is 0.160. The summed E-state index contributed by atoms with van der Waals surface area (Å²) < 4.78 is 37.1. The van der Waals surface area contributed by atoms with Crippen LogP contribution >= 0.6 is 0 Å². The van der Waals surface area contributed by atoms with Gasteiger partial charge in [0.15, 0.2) is 0 Å². The number of nitrogens with one attached hydrogen (secondary N) is 1. The van der Waals surface area contributed by atoms with Crippen LogP contribution in [0.1, 0.15) is 21.6 Å². The smallest absolute Gasteiger partial charge is 0.398 e. The van der Waals surface area contributed by atoms with Gasteiger partial charge in [-0.1, -0.05) is 6.07 Å². The number of aryl methyl sites for hydroxylation is 1. The van der Waals surface area contributed by atoms with Crippen molar-refractivity contribution in [3.63, 3.8) is 0 Å².